The summed E-state index contributed by atoms with van der Waals surface area (Å²) in [7, 11) is -8.84. The van der Waals surface area contributed by atoms with Gasteiger partial charge in [0, 0.05) is 31.7 Å². The van der Waals surface area contributed by atoms with Gasteiger partial charge in [-0.25, -0.2) is 22.0 Å². The van der Waals surface area contributed by atoms with Gasteiger partial charge in [0.2, 0.25) is 25.9 Å². The van der Waals surface area contributed by atoms with Crippen LogP contribution in [0.5, 0.6) is 0 Å². The Hall–Kier alpha value is -3.44. The van der Waals surface area contributed by atoms with Crippen LogP contribution < -0.4 is 16.2 Å². The van der Waals surface area contributed by atoms with Gasteiger partial charge in [-0.05, 0) is 22.9 Å². The van der Waals surface area contributed by atoms with Gasteiger partial charge in [0.25, 0.3) is 6.01 Å². The summed E-state index contributed by atoms with van der Waals surface area (Å²) in [5.74, 6) is -0.162. The van der Waals surface area contributed by atoms with Crippen LogP contribution in [-0.2, 0) is 20.0 Å². The van der Waals surface area contributed by atoms with Gasteiger partial charge < -0.3 is 15.5 Å². The number of H-pyrrole nitrogens is 1. The number of rotatable bonds is 5. The first-order valence-corrected chi connectivity index (χ1v) is 13.0. The Labute approximate surface area is 193 Å². The second-order valence-electron chi connectivity index (χ2n) is 7.45. The van der Waals surface area contributed by atoms with E-state index in [2.05, 4.69) is 30.9 Å². The molecule has 3 heterocycles. The molecule has 5 rings (SSSR count). The van der Waals surface area contributed by atoms with Crippen molar-refractivity contribution < 1.29 is 21.3 Å². The minimum atomic E-state index is -4.60. The Morgan fingerprint density at radius 3 is 2.47 bits per heavy atom. The molecule has 0 saturated carbocycles. The molecule has 0 unspecified atom stereocenters. The summed E-state index contributed by atoms with van der Waals surface area (Å²) in [4.78, 5) is 3.06. The van der Waals surface area contributed by atoms with Gasteiger partial charge >= 0.3 is 0 Å². The highest BCUT2D eigenvalue weighted by Crippen LogP contribution is 2.41. The van der Waals surface area contributed by atoms with Crippen molar-refractivity contribution in [3.05, 3.63) is 30.3 Å². The number of nitrogens with zero attached hydrogens (tertiary/aromatic N) is 5. The van der Waals surface area contributed by atoms with E-state index in [-0.39, 0.29) is 36.1 Å². The molecule has 16 heteroatoms. The predicted octanol–water partition coefficient (Wildman–Crippen LogP) is -0.502. The Bertz CT molecular complexity index is 1590. The third kappa shape index (κ3) is 3.70. The van der Waals surface area contributed by atoms with E-state index in [0.29, 0.717) is 29.8 Å². The third-order valence-corrected chi connectivity index (χ3v) is 8.46. The van der Waals surface area contributed by atoms with E-state index in [1.165, 1.54) is 16.4 Å². The van der Waals surface area contributed by atoms with E-state index in [1.54, 1.807) is 18.2 Å². The second-order valence-corrected chi connectivity index (χ2v) is 10.9. The van der Waals surface area contributed by atoms with Crippen LogP contribution in [0.25, 0.3) is 33.6 Å². The number of nitrogens with one attached hydrogen (secondary N) is 2. The van der Waals surface area contributed by atoms with Crippen LogP contribution in [0.4, 0.5) is 6.01 Å². The van der Waals surface area contributed by atoms with Crippen molar-refractivity contribution in [1.82, 2.24) is 35.2 Å². The Kier molecular flexibility index (Phi) is 5.33. The number of piperazine rings is 1. The number of nitrogens with two attached hydrogens (primary N) is 2. The highest BCUT2D eigenvalue weighted by Gasteiger charge is 2.36. The molecule has 34 heavy (non-hydrogen) atoms. The van der Waals surface area contributed by atoms with Crippen LogP contribution in [0.15, 0.2) is 44.5 Å². The zero-order chi connectivity index (χ0) is 24.1. The van der Waals surface area contributed by atoms with E-state index < -0.39 is 29.8 Å². The normalized spacial score (nSPS) is 15.7. The quantitative estimate of drug-likeness (QED) is 0.271. The average Bonchev–Trinajstić information content (AvgIpc) is 3.47. The van der Waals surface area contributed by atoms with Gasteiger partial charge in [-0.3, -0.25) is 0 Å². The molecule has 14 nitrogen and oxygen atoms in total. The molecule has 6 N–H and O–H groups in total. The van der Waals surface area contributed by atoms with Crippen molar-refractivity contribution in [2.75, 3.05) is 31.9 Å². The SMILES string of the molecule is Nc1nc2c(-c3ccc(S(=O)(=O)N4CCNCC4)c(S(N)(=O)=O)c3-c3nn[nH]n3)cccc2o1. The number of anilines is 1. The van der Waals surface area contributed by atoms with Crippen LogP contribution in [-0.4, -0.2) is 72.9 Å². The fourth-order valence-corrected chi connectivity index (χ4v) is 6.99. The molecule has 0 radical (unpaired) electrons. The molecule has 0 aliphatic carbocycles. The summed E-state index contributed by atoms with van der Waals surface area (Å²) < 4.78 is 59.4. The fourth-order valence-electron chi connectivity index (χ4n) is 3.97. The number of aromatic nitrogens is 5. The fraction of sp³-hybridized carbons (Fsp3) is 0.222. The van der Waals surface area contributed by atoms with Crippen molar-refractivity contribution in [2.45, 2.75) is 9.79 Å². The number of hydrogen-bond acceptors (Lipinski definition) is 11. The number of primary sulfonamides is 1. The van der Waals surface area contributed by atoms with Crippen LogP contribution in [0.1, 0.15) is 0 Å². The lowest BCUT2D eigenvalue weighted by Gasteiger charge is -2.27. The van der Waals surface area contributed by atoms with Crippen molar-refractivity contribution in [2.24, 2.45) is 5.14 Å². The summed E-state index contributed by atoms with van der Waals surface area (Å²) in [6.45, 7) is 1.19. The molecule has 1 aliphatic heterocycles. The number of aromatic amines is 1. The highest BCUT2D eigenvalue weighted by molar-refractivity contribution is 7.92. The number of sulfonamides is 2. The molecule has 1 saturated heterocycles. The summed E-state index contributed by atoms with van der Waals surface area (Å²) in [6, 6.07) is 7.52. The van der Waals surface area contributed by atoms with Crippen molar-refractivity contribution >= 4 is 37.2 Å². The average molecular weight is 506 g/mol. The number of para-hydroxylation sites is 1. The van der Waals surface area contributed by atoms with Gasteiger partial charge in [-0.2, -0.15) is 14.5 Å². The number of tetrazole rings is 1. The molecule has 2 aromatic heterocycles. The number of hydrogen-bond donors (Lipinski definition) is 4. The Balaban J connectivity index is 1.87. The number of nitrogen functional groups attached to an aromatic ring is 1. The largest absolute Gasteiger partial charge is 0.424 e. The lowest BCUT2D eigenvalue weighted by Crippen LogP contribution is -2.46. The van der Waals surface area contributed by atoms with E-state index in [9.17, 15) is 16.8 Å². The smallest absolute Gasteiger partial charge is 0.293 e. The Morgan fingerprint density at radius 1 is 1.03 bits per heavy atom. The first-order chi connectivity index (χ1) is 16.2. The zero-order valence-corrected chi connectivity index (χ0v) is 19.1. The predicted molar refractivity (Wildman–Crippen MR) is 120 cm³/mol. The minimum absolute atomic E-state index is 0.0897. The highest BCUT2D eigenvalue weighted by atomic mass is 32.2. The summed E-state index contributed by atoms with van der Waals surface area (Å²) in [5.41, 5.74) is 6.92. The molecule has 178 valence electrons. The van der Waals surface area contributed by atoms with Crippen LogP contribution >= 0.6 is 0 Å². The first kappa shape index (κ1) is 22.4. The standard InChI is InChI=1S/C18H19N9O5S2/c19-18-22-15-11(2-1-3-12(15)32-18)10-4-5-13(34(30,31)27-8-6-21-7-9-27)16(33(20,28)29)14(10)17-23-25-26-24-17/h1-5,21H,6-9H2,(H2,19,22)(H2,20,28,29)(H,23,24,25,26). The van der Waals surface area contributed by atoms with Gasteiger partial charge in [0.05, 0.1) is 5.56 Å². The van der Waals surface area contributed by atoms with E-state index in [4.69, 9.17) is 15.3 Å². The third-order valence-electron chi connectivity index (χ3n) is 5.39. The topological polar surface area (TPSA) is 216 Å². The second kappa shape index (κ2) is 8.10. The van der Waals surface area contributed by atoms with E-state index >= 15 is 0 Å². The maximum atomic E-state index is 13.5. The van der Waals surface area contributed by atoms with Crippen LogP contribution in [0.3, 0.4) is 0 Å². The first-order valence-electron chi connectivity index (χ1n) is 9.98. The molecular formula is C18H19N9O5S2. The monoisotopic (exact) mass is 505 g/mol. The van der Waals surface area contributed by atoms with Gasteiger partial charge in [0.15, 0.2) is 5.58 Å². The van der Waals surface area contributed by atoms with Crippen molar-refractivity contribution in [1.29, 1.82) is 0 Å². The maximum absolute atomic E-state index is 13.5. The molecule has 1 aliphatic rings. The lowest BCUT2D eigenvalue weighted by atomic mass is 9.98. The molecule has 0 bridgehead atoms. The summed E-state index contributed by atoms with van der Waals surface area (Å²) >= 11 is 0. The number of fused-ring (bicyclic) bond motifs is 1. The number of benzene rings is 2. The molecule has 2 aromatic carbocycles. The minimum Gasteiger partial charge on any atom is -0.424 e. The zero-order valence-electron chi connectivity index (χ0n) is 17.5. The molecular weight excluding hydrogens is 486 g/mol. The van der Waals surface area contributed by atoms with Crippen LogP contribution in [0.2, 0.25) is 0 Å². The molecule has 0 amide bonds. The van der Waals surface area contributed by atoms with Gasteiger partial charge in [0.1, 0.15) is 15.3 Å². The van der Waals surface area contributed by atoms with Crippen molar-refractivity contribution in [3.63, 3.8) is 0 Å². The summed E-state index contributed by atoms with van der Waals surface area (Å²) in [5, 5.41) is 22.2. The van der Waals surface area contributed by atoms with Crippen LogP contribution in [0, 0.1) is 0 Å². The summed E-state index contributed by atoms with van der Waals surface area (Å²) in [6.07, 6.45) is 0. The molecule has 1 fully saturated rings. The van der Waals surface area contributed by atoms with Crippen molar-refractivity contribution in [3.8, 4) is 22.5 Å². The van der Waals surface area contributed by atoms with E-state index in [1.807, 2.05) is 0 Å². The molecule has 4 aromatic rings. The number of oxazole rings is 1. The maximum Gasteiger partial charge on any atom is 0.293 e. The molecule has 0 atom stereocenters. The van der Waals surface area contributed by atoms with Gasteiger partial charge in [-0.15, -0.1) is 10.2 Å². The van der Waals surface area contributed by atoms with Gasteiger partial charge in [-0.1, -0.05) is 18.2 Å². The van der Waals surface area contributed by atoms with E-state index in [0.717, 1.165) is 0 Å². The molecule has 0 spiro atoms. The lowest BCUT2D eigenvalue weighted by molar-refractivity contribution is 0.359. The Morgan fingerprint density at radius 2 is 1.79 bits per heavy atom.